The van der Waals surface area contributed by atoms with E-state index in [-0.39, 0.29) is 11.1 Å². The molecule has 3 aromatic carbocycles. The van der Waals surface area contributed by atoms with Gasteiger partial charge in [-0.05, 0) is 35.4 Å². The van der Waals surface area contributed by atoms with Crippen LogP contribution >= 0.6 is 0 Å². The molecule has 0 fully saturated rings. The third-order valence-electron chi connectivity index (χ3n) is 5.81. The zero-order valence-corrected chi connectivity index (χ0v) is 23.0. The van der Waals surface area contributed by atoms with Crippen molar-refractivity contribution in [3.05, 3.63) is 104 Å². The number of aliphatic carboxylic acids is 2. The van der Waals surface area contributed by atoms with Crippen molar-refractivity contribution < 1.29 is 46.5 Å². The number of hydrogen-bond donors (Lipinski definition) is 2. The average molecular weight is 623 g/mol. The van der Waals surface area contributed by atoms with Crippen LogP contribution < -0.4 is 0 Å². The number of nitro benzene ring substituents is 2. The van der Waals surface area contributed by atoms with Crippen molar-refractivity contribution >= 4 is 43.4 Å². The van der Waals surface area contributed by atoms with Gasteiger partial charge in [-0.25, -0.2) is 16.8 Å². The van der Waals surface area contributed by atoms with Gasteiger partial charge in [0.1, 0.15) is 13.1 Å². The minimum absolute atomic E-state index is 0.138. The van der Waals surface area contributed by atoms with Gasteiger partial charge in [0.25, 0.3) is 11.4 Å². The van der Waals surface area contributed by atoms with Gasteiger partial charge in [0, 0.05) is 37.4 Å². The summed E-state index contributed by atoms with van der Waals surface area (Å²) in [7, 11) is -9.07. The number of sulfonamides is 2. The van der Waals surface area contributed by atoms with Crippen molar-refractivity contribution in [1.29, 1.82) is 0 Å². The highest BCUT2D eigenvalue weighted by Gasteiger charge is 2.31. The van der Waals surface area contributed by atoms with Crippen molar-refractivity contribution in [2.24, 2.45) is 0 Å². The lowest BCUT2D eigenvalue weighted by molar-refractivity contribution is -0.385. The molecule has 2 N–H and O–H groups in total. The fourth-order valence-electron chi connectivity index (χ4n) is 3.78. The third-order valence-corrected chi connectivity index (χ3v) is 9.42. The molecule has 0 aliphatic rings. The van der Waals surface area contributed by atoms with E-state index in [2.05, 4.69) is 0 Å². The van der Waals surface area contributed by atoms with Crippen LogP contribution in [0.25, 0.3) is 0 Å². The van der Waals surface area contributed by atoms with Crippen LogP contribution in [0.2, 0.25) is 0 Å². The number of carbonyl (C=O) groups is 2. The molecule has 0 aromatic heterocycles. The third kappa shape index (κ3) is 7.49. The summed E-state index contributed by atoms with van der Waals surface area (Å²) in [5.41, 5.74) is -0.509. The van der Waals surface area contributed by atoms with Gasteiger partial charge in [-0.15, -0.1) is 0 Å². The van der Waals surface area contributed by atoms with Gasteiger partial charge in [0.05, 0.1) is 19.6 Å². The molecule has 0 unspecified atom stereocenters. The first kappa shape index (κ1) is 31.7. The maximum absolute atomic E-state index is 13.3. The molecule has 3 rings (SSSR count). The van der Waals surface area contributed by atoms with Crippen molar-refractivity contribution in [3.8, 4) is 0 Å². The van der Waals surface area contributed by atoms with E-state index >= 15 is 0 Å². The van der Waals surface area contributed by atoms with Crippen LogP contribution in [0.4, 0.5) is 11.4 Å². The first-order valence-electron chi connectivity index (χ1n) is 11.6. The summed E-state index contributed by atoms with van der Waals surface area (Å²) in [4.78, 5) is 42.7. The lowest BCUT2D eigenvalue weighted by Crippen LogP contribution is -2.37. The Kier molecular flexibility index (Phi) is 9.68. The maximum Gasteiger partial charge on any atom is 0.318 e. The van der Waals surface area contributed by atoms with Crippen LogP contribution in [0.5, 0.6) is 0 Å². The average Bonchev–Trinajstić information content (AvgIpc) is 2.92. The van der Waals surface area contributed by atoms with Crippen LogP contribution in [0.3, 0.4) is 0 Å². The molecule has 3 aromatic rings. The van der Waals surface area contributed by atoms with E-state index in [0.29, 0.717) is 8.61 Å². The maximum atomic E-state index is 13.3. The normalized spacial score (nSPS) is 11.9. The summed E-state index contributed by atoms with van der Waals surface area (Å²) in [5, 5.41) is 40.7. The van der Waals surface area contributed by atoms with Crippen molar-refractivity contribution in [2.75, 3.05) is 13.1 Å². The van der Waals surface area contributed by atoms with Gasteiger partial charge in [-0.1, -0.05) is 24.3 Å². The highest BCUT2D eigenvalue weighted by molar-refractivity contribution is 7.89. The fourth-order valence-corrected chi connectivity index (χ4v) is 6.51. The van der Waals surface area contributed by atoms with Gasteiger partial charge in [-0.3, -0.25) is 29.8 Å². The number of rotatable bonds is 14. The molecule has 0 amide bonds. The van der Waals surface area contributed by atoms with Gasteiger partial charge in [0.15, 0.2) is 0 Å². The second kappa shape index (κ2) is 12.8. The van der Waals surface area contributed by atoms with E-state index in [0.717, 1.165) is 48.5 Å². The van der Waals surface area contributed by atoms with Gasteiger partial charge >= 0.3 is 11.9 Å². The first-order chi connectivity index (χ1) is 19.6. The van der Waals surface area contributed by atoms with E-state index in [1.807, 2.05) is 0 Å². The molecule has 0 bridgehead atoms. The molecule has 0 aliphatic heterocycles. The summed E-state index contributed by atoms with van der Waals surface area (Å²) >= 11 is 0. The zero-order chi connectivity index (χ0) is 31.2. The monoisotopic (exact) mass is 622 g/mol. The highest BCUT2D eigenvalue weighted by Crippen LogP contribution is 2.25. The van der Waals surface area contributed by atoms with Crippen LogP contribution in [-0.4, -0.2) is 70.5 Å². The Morgan fingerprint density at radius 1 is 0.619 bits per heavy atom. The van der Waals surface area contributed by atoms with E-state index in [4.69, 9.17) is 0 Å². The number of carboxylic acids is 2. The highest BCUT2D eigenvalue weighted by atomic mass is 32.2. The van der Waals surface area contributed by atoms with Crippen LogP contribution in [0, 0.1) is 20.2 Å². The van der Waals surface area contributed by atoms with Crippen molar-refractivity contribution in [3.63, 3.8) is 0 Å². The number of hydrogen-bond acceptors (Lipinski definition) is 10. The molecule has 0 aliphatic carbocycles. The predicted molar refractivity (Wildman–Crippen MR) is 143 cm³/mol. The second-order valence-electron chi connectivity index (χ2n) is 8.60. The molecule has 0 spiro atoms. The topological polar surface area (TPSA) is 236 Å². The summed E-state index contributed by atoms with van der Waals surface area (Å²) < 4.78 is 54.4. The molecule has 0 radical (unpaired) electrons. The van der Waals surface area contributed by atoms with Gasteiger partial charge in [-0.2, -0.15) is 8.61 Å². The largest absolute Gasteiger partial charge is 0.480 e. The Hall–Kier alpha value is -4.78. The molecule has 0 atom stereocenters. The number of non-ortho nitro benzene ring substituents is 2. The van der Waals surface area contributed by atoms with Crippen LogP contribution in [-0.2, 0) is 42.7 Å². The first-order valence-corrected chi connectivity index (χ1v) is 14.5. The molecular formula is C24H22N4O12S2. The SMILES string of the molecule is O=C(O)CN(Cc1ccccc1CN(CC(=O)O)S(=O)(=O)c1ccc([N+](=O)[O-])cc1)S(=O)(=O)c1ccc([N+](=O)[O-])cc1. The van der Waals surface area contributed by atoms with Gasteiger partial charge in [0.2, 0.25) is 20.0 Å². The predicted octanol–water partition coefficient (Wildman–Crippen LogP) is 2.05. The Labute approximate surface area is 238 Å². The van der Waals surface area contributed by atoms with E-state index in [1.165, 1.54) is 24.3 Å². The quantitative estimate of drug-likeness (QED) is 0.194. The molecule has 0 saturated carbocycles. The molecule has 42 heavy (non-hydrogen) atoms. The second-order valence-corrected chi connectivity index (χ2v) is 12.5. The van der Waals surface area contributed by atoms with Gasteiger partial charge < -0.3 is 10.2 Å². The molecule has 222 valence electrons. The smallest absolute Gasteiger partial charge is 0.318 e. The fraction of sp³-hybridized carbons (Fsp3) is 0.167. The number of carboxylic acid groups (broad SMARTS) is 2. The Balaban J connectivity index is 2.00. The van der Waals surface area contributed by atoms with E-state index in [9.17, 15) is 56.9 Å². The molecule has 18 heteroatoms. The van der Waals surface area contributed by atoms with Crippen LogP contribution in [0.15, 0.2) is 82.6 Å². The standard InChI is InChI=1S/C24H22N4O12S2/c29-23(30)15-25(41(37,38)21-9-5-19(6-10-21)27(33)34)13-17-3-1-2-4-18(17)14-26(16-24(31)32)42(39,40)22-11-7-20(8-12-22)28(35)36/h1-12H,13-16H2,(H,29,30)(H,31,32). The Bertz CT molecular complexity index is 1600. The minimum atomic E-state index is -4.53. The Morgan fingerprint density at radius 3 is 1.19 bits per heavy atom. The van der Waals surface area contributed by atoms with Crippen molar-refractivity contribution in [1.82, 2.24) is 8.61 Å². The lowest BCUT2D eigenvalue weighted by Gasteiger charge is -2.24. The summed E-state index contributed by atoms with van der Waals surface area (Å²) in [5.74, 6) is -3.04. The molecular weight excluding hydrogens is 600 g/mol. The van der Waals surface area contributed by atoms with E-state index in [1.54, 1.807) is 0 Å². The minimum Gasteiger partial charge on any atom is -0.480 e. The summed E-state index contributed by atoms with van der Waals surface area (Å²) in [6, 6.07) is 13.3. The number of nitrogens with zero attached hydrogens (tertiary/aromatic N) is 4. The summed E-state index contributed by atoms with van der Waals surface area (Å²) in [6.45, 7) is -3.21. The molecule has 16 nitrogen and oxygen atoms in total. The van der Waals surface area contributed by atoms with Crippen molar-refractivity contribution in [2.45, 2.75) is 22.9 Å². The number of benzene rings is 3. The zero-order valence-electron chi connectivity index (χ0n) is 21.3. The molecule has 0 saturated heterocycles. The lowest BCUT2D eigenvalue weighted by atomic mass is 10.1. The van der Waals surface area contributed by atoms with Crippen LogP contribution in [0.1, 0.15) is 11.1 Å². The number of nitro groups is 2. The Morgan fingerprint density at radius 2 is 0.929 bits per heavy atom. The van der Waals surface area contributed by atoms with E-state index < -0.39 is 89.2 Å². The summed E-state index contributed by atoms with van der Waals surface area (Å²) in [6.07, 6.45) is 0. The molecule has 0 heterocycles.